The van der Waals surface area contributed by atoms with Gasteiger partial charge in [-0.1, -0.05) is 19.9 Å². The molecule has 1 unspecified atom stereocenters. The number of aliphatic hydroxyl groups excluding tert-OH is 1. The van der Waals surface area contributed by atoms with Gasteiger partial charge < -0.3 is 15.3 Å². The lowest BCUT2D eigenvalue weighted by Crippen LogP contribution is -2.39. The van der Waals surface area contributed by atoms with E-state index in [4.69, 9.17) is 0 Å². The first-order valence-corrected chi connectivity index (χ1v) is 6.70. The fraction of sp³-hybridized carbons (Fsp3) is 0.600. The van der Waals surface area contributed by atoms with Gasteiger partial charge in [-0.3, -0.25) is 0 Å². The molecule has 114 valence electrons. The number of nitrogens with one attached hydrogen (secondary N) is 1. The summed E-state index contributed by atoms with van der Waals surface area (Å²) in [7, 11) is 4.01. The Labute approximate surface area is 119 Å². The van der Waals surface area contributed by atoms with Crippen LogP contribution in [0, 0.1) is 17.0 Å². The summed E-state index contributed by atoms with van der Waals surface area (Å²) in [4.78, 5) is 2.09. The first-order chi connectivity index (χ1) is 9.21. The van der Waals surface area contributed by atoms with E-state index in [1.807, 2.05) is 14.1 Å². The van der Waals surface area contributed by atoms with Crippen LogP contribution in [0.25, 0.3) is 0 Å². The van der Waals surface area contributed by atoms with Crippen LogP contribution in [-0.2, 0) is 0 Å². The van der Waals surface area contributed by atoms with Crippen LogP contribution in [0.4, 0.5) is 8.78 Å². The van der Waals surface area contributed by atoms with Gasteiger partial charge in [0.1, 0.15) is 11.6 Å². The SMILES string of the molecule is CN(C)CC(C)(C)CNCC(O)c1ccc(F)cc1F. The summed E-state index contributed by atoms with van der Waals surface area (Å²) in [6.07, 6.45) is -0.981. The molecule has 0 spiro atoms. The van der Waals surface area contributed by atoms with Crippen molar-refractivity contribution in [2.24, 2.45) is 5.41 Å². The molecule has 0 aromatic heterocycles. The topological polar surface area (TPSA) is 35.5 Å². The van der Waals surface area contributed by atoms with E-state index in [0.29, 0.717) is 6.54 Å². The van der Waals surface area contributed by atoms with Gasteiger partial charge in [-0.05, 0) is 25.6 Å². The maximum Gasteiger partial charge on any atom is 0.131 e. The molecule has 0 heterocycles. The highest BCUT2D eigenvalue weighted by Gasteiger charge is 2.20. The van der Waals surface area contributed by atoms with Crippen molar-refractivity contribution in [1.82, 2.24) is 10.2 Å². The Morgan fingerprint density at radius 3 is 2.50 bits per heavy atom. The van der Waals surface area contributed by atoms with E-state index in [0.717, 1.165) is 18.7 Å². The zero-order valence-corrected chi connectivity index (χ0v) is 12.6. The second-order valence-electron chi connectivity index (χ2n) is 6.21. The van der Waals surface area contributed by atoms with E-state index in [-0.39, 0.29) is 17.5 Å². The summed E-state index contributed by atoms with van der Waals surface area (Å²) in [5.74, 6) is -1.36. The highest BCUT2D eigenvalue weighted by molar-refractivity contribution is 5.21. The maximum atomic E-state index is 13.5. The predicted molar refractivity (Wildman–Crippen MR) is 76.5 cm³/mol. The maximum absolute atomic E-state index is 13.5. The van der Waals surface area contributed by atoms with Crippen molar-refractivity contribution in [3.05, 3.63) is 35.4 Å². The third-order valence-corrected chi connectivity index (χ3v) is 3.01. The lowest BCUT2D eigenvalue weighted by molar-refractivity contribution is 0.158. The van der Waals surface area contributed by atoms with Crippen LogP contribution < -0.4 is 5.32 Å². The average Bonchev–Trinajstić information content (AvgIpc) is 2.26. The van der Waals surface area contributed by atoms with E-state index >= 15 is 0 Å². The average molecular weight is 286 g/mol. The van der Waals surface area contributed by atoms with Crippen molar-refractivity contribution in [2.45, 2.75) is 20.0 Å². The molecule has 5 heteroatoms. The number of benzene rings is 1. The summed E-state index contributed by atoms with van der Waals surface area (Å²) in [6, 6.07) is 3.22. The van der Waals surface area contributed by atoms with Gasteiger partial charge in [0, 0.05) is 31.3 Å². The third-order valence-electron chi connectivity index (χ3n) is 3.01. The Morgan fingerprint density at radius 1 is 1.30 bits per heavy atom. The van der Waals surface area contributed by atoms with Crippen molar-refractivity contribution in [3.8, 4) is 0 Å². The third kappa shape index (κ3) is 5.53. The van der Waals surface area contributed by atoms with Crippen LogP contribution in [0.2, 0.25) is 0 Å². The molecule has 0 bridgehead atoms. The smallest absolute Gasteiger partial charge is 0.131 e. The molecule has 0 saturated carbocycles. The number of nitrogens with zero attached hydrogens (tertiary/aromatic N) is 1. The number of hydrogen-bond donors (Lipinski definition) is 2. The minimum absolute atomic E-state index is 0.0462. The van der Waals surface area contributed by atoms with Crippen molar-refractivity contribution in [1.29, 1.82) is 0 Å². The summed E-state index contributed by atoms with van der Waals surface area (Å²) >= 11 is 0. The summed E-state index contributed by atoms with van der Waals surface area (Å²) in [6.45, 7) is 6.07. The monoisotopic (exact) mass is 286 g/mol. The van der Waals surface area contributed by atoms with Gasteiger partial charge in [-0.25, -0.2) is 8.78 Å². The molecule has 2 N–H and O–H groups in total. The fourth-order valence-electron chi connectivity index (χ4n) is 2.34. The van der Waals surface area contributed by atoms with E-state index in [2.05, 4.69) is 24.1 Å². The van der Waals surface area contributed by atoms with Crippen LogP contribution in [0.1, 0.15) is 25.5 Å². The molecule has 1 aromatic carbocycles. The zero-order chi connectivity index (χ0) is 15.3. The second kappa shape index (κ2) is 7.11. The van der Waals surface area contributed by atoms with Gasteiger partial charge in [0.05, 0.1) is 6.10 Å². The van der Waals surface area contributed by atoms with Gasteiger partial charge in [0.25, 0.3) is 0 Å². The Kier molecular flexibility index (Phi) is 6.05. The molecular weight excluding hydrogens is 262 g/mol. The highest BCUT2D eigenvalue weighted by atomic mass is 19.1. The lowest BCUT2D eigenvalue weighted by Gasteiger charge is -2.29. The van der Waals surface area contributed by atoms with Crippen LogP contribution in [0.5, 0.6) is 0 Å². The standard InChI is InChI=1S/C15H24F2N2O/c1-15(2,10-19(3)4)9-18-8-14(20)12-6-5-11(16)7-13(12)17/h5-7,14,18,20H,8-10H2,1-4H3. The van der Waals surface area contributed by atoms with Crippen LogP contribution >= 0.6 is 0 Å². The molecule has 0 amide bonds. The van der Waals surface area contributed by atoms with Gasteiger partial charge in [-0.2, -0.15) is 0 Å². The van der Waals surface area contributed by atoms with E-state index in [1.165, 1.54) is 6.07 Å². The summed E-state index contributed by atoms with van der Waals surface area (Å²) in [5, 5.41) is 13.1. The van der Waals surface area contributed by atoms with Crippen molar-refractivity contribution >= 4 is 0 Å². The molecule has 0 aliphatic carbocycles. The fourth-order valence-corrected chi connectivity index (χ4v) is 2.34. The van der Waals surface area contributed by atoms with Gasteiger partial charge in [-0.15, -0.1) is 0 Å². The molecule has 20 heavy (non-hydrogen) atoms. The number of halogens is 2. The first-order valence-electron chi connectivity index (χ1n) is 6.70. The molecule has 3 nitrogen and oxygen atoms in total. The Bertz CT molecular complexity index is 436. The normalized spacial score (nSPS) is 13.8. The van der Waals surface area contributed by atoms with Crippen molar-refractivity contribution in [3.63, 3.8) is 0 Å². The molecule has 0 aliphatic heterocycles. The molecule has 0 fully saturated rings. The quantitative estimate of drug-likeness (QED) is 0.806. The second-order valence-corrected chi connectivity index (χ2v) is 6.21. The summed E-state index contributed by atoms with van der Waals surface area (Å²) in [5.41, 5.74) is 0.161. The Hall–Kier alpha value is -1.04. The molecule has 1 aromatic rings. The van der Waals surface area contributed by atoms with Crippen molar-refractivity contribution < 1.29 is 13.9 Å². The number of hydrogen-bond acceptors (Lipinski definition) is 3. The molecule has 1 rings (SSSR count). The minimum atomic E-state index is -0.981. The van der Waals surface area contributed by atoms with Crippen LogP contribution in [-0.4, -0.2) is 43.7 Å². The van der Waals surface area contributed by atoms with Gasteiger partial charge in [0.2, 0.25) is 0 Å². The van der Waals surface area contributed by atoms with E-state index in [1.54, 1.807) is 0 Å². The van der Waals surface area contributed by atoms with Crippen LogP contribution in [0.3, 0.4) is 0 Å². The molecule has 0 radical (unpaired) electrons. The Balaban J connectivity index is 2.49. The van der Waals surface area contributed by atoms with Crippen LogP contribution in [0.15, 0.2) is 18.2 Å². The number of aliphatic hydroxyl groups is 1. The van der Waals surface area contributed by atoms with Gasteiger partial charge in [0.15, 0.2) is 0 Å². The lowest BCUT2D eigenvalue weighted by atomic mass is 9.93. The minimum Gasteiger partial charge on any atom is -0.387 e. The Morgan fingerprint density at radius 2 is 1.95 bits per heavy atom. The van der Waals surface area contributed by atoms with E-state index < -0.39 is 17.7 Å². The summed E-state index contributed by atoms with van der Waals surface area (Å²) < 4.78 is 26.3. The predicted octanol–water partition coefficient (Wildman–Crippen LogP) is 2.18. The zero-order valence-electron chi connectivity index (χ0n) is 12.6. The molecule has 0 saturated heterocycles. The van der Waals surface area contributed by atoms with Crippen molar-refractivity contribution in [2.75, 3.05) is 33.7 Å². The van der Waals surface area contributed by atoms with Gasteiger partial charge >= 0.3 is 0 Å². The van der Waals surface area contributed by atoms with E-state index in [9.17, 15) is 13.9 Å². The molecular formula is C15H24F2N2O. The number of rotatable bonds is 7. The molecule has 0 aliphatic rings. The first kappa shape index (κ1) is 17.0. The highest BCUT2D eigenvalue weighted by Crippen LogP contribution is 2.18. The largest absolute Gasteiger partial charge is 0.387 e. The molecule has 1 atom stereocenters.